The first-order valence-corrected chi connectivity index (χ1v) is 7.88. The number of benzene rings is 2. The Morgan fingerprint density at radius 1 is 1.00 bits per heavy atom. The quantitative estimate of drug-likeness (QED) is 0.742. The number of Topliss-reactive ketones (excluding diaryl/α,β-unsaturated/α-hetero) is 1. The highest BCUT2D eigenvalue weighted by atomic mass is 16.5. The summed E-state index contributed by atoms with van der Waals surface area (Å²) in [6.45, 7) is 1.20. The van der Waals surface area contributed by atoms with Crippen LogP contribution in [0, 0.1) is 0 Å². The summed E-state index contributed by atoms with van der Waals surface area (Å²) in [4.78, 5) is 35.1. The Morgan fingerprint density at radius 3 is 2.42 bits per heavy atom. The molecule has 136 valence electrons. The molecule has 2 aromatic rings. The lowest BCUT2D eigenvalue weighted by molar-refractivity contribution is -0.118. The van der Waals surface area contributed by atoms with Crippen LogP contribution in [0.3, 0.4) is 0 Å². The van der Waals surface area contributed by atoms with Crippen LogP contribution < -0.4 is 20.1 Å². The lowest BCUT2D eigenvalue weighted by atomic mass is 10.1. The number of anilines is 1. The molecule has 0 heterocycles. The van der Waals surface area contributed by atoms with Gasteiger partial charge in [-0.3, -0.25) is 14.4 Å². The minimum absolute atomic E-state index is 0.0939. The molecule has 0 aliphatic heterocycles. The third-order valence-corrected chi connectivity index (χ3v) is 3.56. The molecule has 0 saturated heterocycles. The number of nitrogens with one attached hydrogen (secondary N) is 2. The first-order chi connectivity index (χ1) is 12.4. The molecule has 0 aliphatic carbocycles. The van der Waals surface area contributed by atoms with Crippen molar-refractivity contribution in [3.63, 3.8) is 0 Å². The Labute approximate surface area is 151 Å². The smallest absolute Gasteiger partial charge is 0.262 e. The maximum Gasteiger partial charge on any atom is 0.262 e. The highest BCUT2D eigenvalue weighted by molar-refractivity contribution is 5.97. The van der Waals surface area contributed by atoms with Crippen LogP contribution in [-0.2, 0) is 4.79 Å². The van der Waals surface area contributed by atoms with Crippen LogP contribution in [0.4, 0.5) is 5.69 Å². The molecule has 0 atom stereocenters. The van der Waals surface area contributed by atoms with E-state index in [1.54, 1.807) is 42.5 Å². The summed E-state index contributed by atoms with van der Waals surface area (Å²) in [6.07, 6.45) is 0. The number of carbonyl (C=O) groups is 3. The highest BCUT2D eigenvalue weighted by Crippen LogP contribution is 2.28. The van der Waals surface area contributed by atoms with Crippen LogP contribution in [-0.4, -0.2) is 38.4 Å². The fourth-order valence-electron chi connectivity index (χ4n) is 2.23. The second-order valence-electron chi connectivity index (χ2n) is 5.42. The van der Waals surface area contributed by atoms with Gasteiger partial charge in [0.05, 0.1) is 7.11 Å². The molecule has 7 nitrogen and oxygen atoms in total. The van der Waals surface area contributed by atoms with Crippen molar-refractivity contribution in [1.29, 1.82) is 0 Å². The molecule has 0 aliphatic rings. The summed E-state index contributed by atoms with van der Waals surface area (Å²) in [5, 5.41) is 5.18. The van der Waals surface area contributed by atoms with Crippen LogP contribution >= 0.6 is 0 Å². The van der Waals surface area contributed by atoms with E-state index in [1.165, 1.54) is 21.1 Å². The molecule has 0 saturated carbocycles. The summed E-state index contributed by atoms with van der Waals surface area (Å²) in [5.41, 5.74) is 1.41. The van der Waals surface area contributed by atoms with E-state index in [2.05, 4.69) is 10.6 Å². The van der Waals surface area contributed by atoms with E-state index in [1.807, 2.05) is 0 Å². The highest BCUT2D eigenvalue weighted by Gasteiger charge is 2.11. The molecule has 2 amide bonds. The van der Waals surface area contributed by atoms with E-state index in [4.69, 9.17) is 9.47 Å². The zero-order valence-corrected chi connectivity index (χ0v) is 14.8. The molecule has 2 rings (SSSR count). The molecule has 0 unspecified atom stereocenters. The van der Waals surface area contributed by atoms with E-state index >= 15 is 0 Å². The second-order valence-corrected chi connectivity index (χ2v) is 5.42. The average Bonchev–Trinajstić information content (AvgIpc) is 2.65. The van der Waals surface area contributed by atoms with Crippen LogP contribution in [0.25, 0.3) is 0 Å². The monoisotopic (exact) mass is 356 g/mol. The maximum atomic E-state index is 12.1. The Balaban J connectivity index is 2.01. The van der Waals surface area contributed by atoms with Gasteiger partial charge in [0.15, 0.2) is 23.9 Å². The molecule has 2 N–H and O–H groups in total. The van der Waals surface area contributed by atoms with Crippen molar-refractivity contribution < 1.29 is 23.9 Å². The van der Waals surface area contributed by atoms with Crippen LogP contribution in [0.2, 0.25) is 0 Å². The molecule has 0 aromatic heterocycles. The fourth-order valence-corrected chi connectivity index (χ4v) is 2.23. The zero-order chi connectivity index (χ0) is 19.1. The predicted octanol–water partition coefficient (Wildman–Crippen LogP) is 2.27. The largest absolute Gasteiger partial charge is 0.493 e. The number of methoxy groups -OCH3 is 1. The molecule has 0 fully saturated rings. The molecule has 0 bridgehead atoms. The fraction of sp³-hybridized carbons (Fsp3) is 0.211. The van der Waals surface area contributed by atoms with Gasteiger partial charge >= 0.3 is 0 Å². The molecule has 7 heteroatoms. The van der Waals surface area contributed by atoms with Gasteiger partial charge in [-0.2, -0.15) is 0 Å². The number of ether oxygens (including phenoxy) is 2. The van der Waals surface area contributed by atoms with Gasteiger partial charge in [0, 0.05) is 23.9 Å². The Kier molecular flexibility index (Phi) is 6.32. The molecule has 2 aromatic carbocycles. The first-order valence-electron chi connectivity index (χ1n) is 7.88. The third kappa shape index (κ3) is 4.83. The van der Waals surface area contributed by atoms with Gasteiger partial charge in [-0.05, 0) is 43.3 Å². The summed E-state index contributed by atoms with van der Waals surface area (Å²) in [7, 11) is 2.99. The van der Waals surface area contributed by atoms with Gasteiger partial charge in [-0.15, -0.1) is 0 Å². The molecule has 26 heavy (non-hydrogen) atoms. The van der Waals surface area contributed by atoms with Crippen molar-refractivity contribution in [2.45, 2.75) is 6.92 Å². The van der Waals surface area contributed by atoms with Crippen LogP contribution in [0.15, 0.2) is 42.5 Å². The number of carbonyl (C=O) groups excluding carboxylic acids is 3. The first kappa shape index (κ1) is 19.0. The number of rotatable bonds is 7. The number of hydrogen-bond donors (Lipinski definition) is 2. The lowest BCUT2D eigenvalue weighted by Gasteiger charge is -2.12. The topological polar surface area (TPSA) is 93.7 Å². The van der Waals surface area contributed by atoms with Crippen molar-refractivity contribution >= 4 is 23.3 Å². The Morgan fingerprint density at radius 2 is 1.77 bits per heavy atom. The van der Waals surface area contributed by atoms with Gasteiger partial charge < -0.3 is 20.1 Å². The minimum atomic E-state index is -0.392. The zero-order valence-electron chi connectivity index (χ0n) is 14.8. The van der Waals surface area contributed by atoms with Crippen molar-refractivity contribution in [3.05, 3.63) is 53.6 Å². The average molecular weight is 356 g/mol. The van der Waals surface area contributed by atoms with Gasteiger partial charge in [0.1, 0.15) is 0 Å². The molecule has 0 spiro atoms. The summed E-state index contributed by atoms with van der Waals surface area (Å²) < 4.78 is 10.7. The van der Waals surface area contributed by atoms with Crippen LogP contribution in [0.5, 0.6) is 11.5 Å². The van der Waals surface area contributed by atoms with Crippen molar-refractivity contribution in [2.75, 3.05) is 26.1 Å². The van der Waals surface area contributed by atoms with Gasteiger partial charge in [0.25, 0.3) is 11.8 Å². The number of amides is 2. The summed E-state index contributed by atoms with van der Waals surface area (Å²) in [6, 6.07) is 11.3. The van der Waals surface area contributed by atoms with Gasteiger partial charge in [-0.1, -0.05) is 6.07 Å². The van der Waals surface area contributed by atoms with E-state index in [0.717, 1.165) is 0 Å². The Bertz CT molecular complexity index is 832. The summed E-state index contributed by atoms with van der Waals surface area (Å²) in [5.74, 6) is -0.00753. The normalized spacial score (nSPS) is 9.96. The van der Waals surface area contributed by atoms with Gasteiger partial charge in [0.2, 0.25) is 0 Å². The number of hydrogen-bond acceptors (Lipinski definition) is 5. The summed E-state index contributed by atoms with van der Waals surface area (Å²) >= 11 is 0. The number of ketones is 1. The molecule has 0 radical (unpaired) electrons. The van der Waals surface area contributed by atoms with Crippen molar-refractivity contribution in [3.8, 4) is 11.5 Å². The molecular formula is C19H20N2O5. The van der Waals surface area contributed by atoms with E-state index < -0.39 is 5.91 Å². The van der Waals surface area contributed by atoms with Crippen molar-refractivity contribution in [1.82, 2.24) is 5.32 Å². The lowest BCUT2D eigenvalue weighted by Crippen LogP contribution is -2.21. The van der Waals surface area contributed by atoms with Gasteiger partial charge in [-0.25, -0.2) is 0 Å². The van der Waals surface area contributed by atoms with E-state index in [-0.39, 0.29) is 18.3 Å². The van der Waals surface area contributed by atoms with E-state index in [0.29, 0.717) is 28.3 Å². The SMILES string of the molecule is CNC(=O)c1cccc(NC(=O)COc2ccc(C(C)=O)cc2OC)c1. The van der Waals surface area contributed by atoms with E-state index in [9.17, 15) is 14.4 Å². The third-order valence-electron chi connectivity index (χ3n) is 3.56. The Hall–Kier alpha value is -3.35. The maximum absolute atomic E-state index is 12.1. The van der Waals surface area contributed by atoms with Crippen LogP contribution in [0.1, 0.15) is 27.6 Å². The minimum Gasteiger partial charge on any atom is -0.493 e. The van der Waals surface area contributed by atoms with Crippen molar-refractivity contribution in [2.24, 2.45) is 0 Å². The predicted molar refractivity (Wildman–Crippen MR) is 97.0 cm³/mol. The second kappa shape index (κ2) is 8.66. The standard InChI is InChI=1S/C19H20N2O5/c1-12(22)13-7-8-16(17(10-13)25-3)26-11-18(23)21-15-6-4-5-14(9-15)19(24)20-2/h4-10H,11H2,1-3H3,(H,20,24)(H,21,23). The molecular weight excluding hydrogens is 336 g/mol.